The van der Waals surface area contributed by atoms with Crippen LogP contribution in [0.25, 0.3) is 0 Å². The highest BCUT2D eigenvalue weighted by molar-refractivity contribution is 5.88. The minimum atomic E-state index is -0.420. The summed E-state index contributed by atoms with van der Waals surface area (Å²) in [6.07, 6.45) is 3.32. The lowest BCUT2D eigenvalue weighted by molar-refractivity contribution is -0.135. The number of hydrogen-bond donors (Lipinski definition) is 2. The van der Waals surface area contributed by atoms with Gasteiger partial charge in [0.1, 0.15) is 6.10 Å². The summed E-state index contributed by atoms with van der Waals surface area (Å²) in [4.78, 5) is 23.9. The first kappa shape index (κ1) is 15.0. The van der Waals surface area contributed by atoms with Gasteiger partial charge in [0.2, 0.25) is 5.91 Å². The second kappa shape index (κ2) is 5.56. The van der Waals surface area contributed by atoms with Crippen LogP contribution in [0.15, 0.2) is 11.6 Å². The largest absolute Gasteiger partial charge is 0.368 e. The van der Waals surface area contributed by atoms with Gasteiger partial charge in [-0.2, -0.15) is 0 Å². The number of rotatable bonds is 3. The van der Waals surface area contributed by atoms with E-state index in [0.29, 0.717) is 6.61 Å². The molecule has 1 saturated carbocycles. The first-order chi connectivity index (χ1) is 9.34. The van der Waals surface area contributed by atoms with Crippen molar-refractivity contribution in [2.75, 3.05) is 6.61 Å². The van der Waals surface area contributed by atoms with Crippen LogP contribution in [0.1, 0.15) is 40.5 Å². The highest BCUT2D eigenvalue weighted by Gasteiger charge is 2.60. The lowest BCUT2D eigenvalue weighted by Crippen LogP contribution is -2.47. The molecule has 0 radical (unpaired) electrons. The van der Waals surface area contributed by atoms with E-state index >= 15 is 0 Å². The quantitative estimate of drug-likeness (QED) is 0.609. The zero-order chi connectivity index (χ0) is 14.9. The number of ether oxygens (including phenoxy) is 1. The molecule has 20 heavy (non-hydrogen) atoms. The average molecular weight is 280 g/mol. The number of allylic oxidation sites excluding steroid dienone is 2. The molecule has 0 aromatic rings. The summed E-state index contributed by atoms with van der Waals surface area (Å²) >= 11 is 0. The molecular weight excluding hydrogens is 256 g/mol. The van der Waals surface area contributed by atoms with Crippen LogP contribution >= 0.6 is 0 Å². The fourth-order valence-corrected chi connectivity index (χ4v) is 2.91. The molecule has 2 fully saturated rings. The first-order valence-electron chi connectivity index (χ1n) is 7.20. The lowest BCUT2D eigenvalue weighted by atomic mass is 10.1. The van der Waals surface area contributed by atoms with E-state index in [1.54, 1.807) is 0 Å². The van der Waals surface area contributed by atoms with Crippen LogP contribution in [0.5, 0.6) is 0 Å². The van der Waals surface area contributed by atoms with Crippen LogP contribution in [0.2, 0.25) is 0 Å². The van der Waals surface area contributed by atoms with Crippen molar-refractivity contribution in [1.82, 2.24) is 10.9 Å². The van der Waals surface area contributed by atoms with E-state index in [4.69, 9.17) is 4.74 Å². The summed E-state index contributed by atoms with van der Waals surface area (Å²) in [5.41, 5.74) is 6.17. The Bertz CT molecular complexity index is 432. The number of hydrogen-bond acceptors (Lipinski definition) is 3. The molecule has 0 spiro atoms. The molecule has 1 saturated heterocycles. The zero-order valence-electron chi connectivity index (χ0n) is 12.7. The van der Waals surface area contributed by atoms with Gasteiger partial charge in [-0.1, -0.05) is 25.5 Å². The Balaban J connectivity index is 1.83. The Labute approximate surface area is 120 Å². The van der Waals surface area contributed by atoms with Gasteiger partial charge in [-0.15, -0.1) is 0 Å². The fourth-order valence-electron chi connectivity index (χ4n) is 2.91. The van der Waals surface area contributed by atoms with Gasteiger partial charge in [-0.3, -0.25) is 20.4 Å². The van der Waals surface area contributed by atoms with Crippen LogP contribution < -0.4 is 10.9 Å². The van der Waals surface area contributed by atoms with Crippen molar-refractivity contribution in [2.24, 2.45) is 17.3 Å². The van der Waals surface area contributed by atoms with E-state index in [9.17, 15) is 9.59 Å². The number of nitrogens with one attached hydrogen (secondary N) is 2. The van der Waals surface area contributed by atoms with Gasteiger partial charge in [0.25, 0.3) is 5.91 Å². The van der Waals surface area contributed by atoms with E-state index in [1.165, 1.54) is 5.57 Å². The van der Waals surface area contributed by atoms with Crippen LogP contribution in [0, 0.1) is 17.3 Å². The van der Waals surface area contributed by atoms with Crippen molar-refractivity contribution >= 4 is 11.8 Å². The molecule has 5 heteroatoms. The van der Waals surface area contributed by atoms with Gasteiger partial charge in [-0.25, -0.2) is 0 Å². The van der Waals surface area contributed by atoms with Gasteiger partial charge in [-0.05, 0) is 38.0 Å². The third-order valence-corrected chi connectivity index (χ3v) is 4.24. The fraction of sp³-hybridized carbons (Fsp3) is 0.733. The van der Waals surface area contributed by atoms with Crippen LogP contribution in [-0.2, 0) is 14.3 Å². The molecule has 3 atom stereocenters. The molecule has 0 aromatic carbocycles. The van der Waals surface area contributed by atoms with Gasteiger partial charge in [0.05, 0.1) is 5.92 Å². The monoisotopic (exact) mass is 280 g/mol. The molecule has 2 aliphatic rings. The van der Waals surface area contributed by atoms with E-state index in [1.807, 2.05) is 13.8 Å². The van der Waals surface area contributed by atoms with Crippen molar-refractivity contribution in [2.45, 2.75) is 46.6 Å². The van der Waals surface area contributed by atoms with E-state index in [-0.39, 0.29) is 29.1 Å². The number of amides is 2. The Morgan fingerprint density at radius 2 is 1.85 bits per heavy atom. The normalized spacial score (nSPS) is 30.5. The number of carbonyl (C=O) groups is 2. The standard InChI is InChI=1S/C15H24N2O3/c1-9(2)8-10-12(15(10,3)4)14(19)17-16-13(18)11-6-5-7-20-11/h8,10-12H,5-7H2,1-4H3,(H,16,18)(H,17,19)/t10-,11-,12+/m1/s1. The second-order valence-corrected chi connectivity index (χ2v) is 6.55. The minimum absolute atomic E-state index is 0.0457. The maximum atomic E-state index is 12.1. The van der Waals surface area contributed by atoms with Crippen molar-refractivity contribution in [1.29, 1.82) is 0 Å². The van der Waals surface area contributed by atoms with E-state index in [2.05, 4.69) is 30.8 Å². The van der Waals surface area contributed by atoms with Gasteiger partial charge in [0.15, 0.2) is 0 Å². The summed E-state index contributed by atoms with van der Waals surface area (Å²) in [5.74, 6) is -0.216. The first-order valence-corrected chi connectivity index (χ1v) is 7.20. The molecule has 2 amide bonds. The third kappa shape index (κ3) is 3.03. The SMILES string of the molecule is CC(C)=C[C@@H]1[C@@H](C(=O)NNC(=O)[C@H]2CCCO2)C1(C)C. The molecule has 2 N–H and O–H groups in total. The summed E-state index contributed by atoms with van der Waals surface area (Å²) in [5, 5.41) is 0. The number of carbonyl (C=O) groups excluding carboxylic acids is 2. The predicted octanol–water partition coefficient (Wildman–Crippen LogP) is 1.55. The van der Waals surface area contributed by atoms with Crippen LogP contribution in [-0.4, -0.2) is 24.5 Å². The van der Waals surface area contributed by atoms with Gasteiger partial charge < -0.3 is 4.74 Å². The topological polar surface area (TPSA) is 67.4 Å². The van der Waals surface area contributed by atoms with Crippen molar-refractivity contribution in [3.63, 3.8) is 0 Å². The number of hydrazine groups is 1. The summed E-state index contributed by atoms with van der Waals surface area (Å²) < 4.78 is 5.26. The average Bonchev–Trinajstić information content (AvgIpc) is 2.79. The van der Waals surface area contributed by atoms with Gasteiger partial charge in [0, 0.05) is 6.61 Å². The van der Waals surface area contributed by atoms with Crippen molar-refractivity contribution in [3.05, 3.63) is 11.6 Å². The van der Waals surface area contributed by atoms with Crippen molar-refractivity contribution in [3.8, 4) is 0 Å². The molecule has 0 bridgehead atoms. The Hall–Kier alpha value is -1.36. The predicted molar refractivity (Wildman–Crippen MR) is 75.5 cm³/mol. The molecule has 0 unspecified atom stereocenters. The Kier molecular flexibility index (Phi) is 4.18. The van der Waals surface area contributed by atoms with Crippen LogP contribution in [0.3, 0.4) is 0 Å². The Morgan fingerprint density at radius 1 is 1.20 bits per heavy atom. The minimum Gasteiger partial charge on any atom is -0.368 e. The third-order valence-electron chi connectivity index (χ3n) is 4.24. The molecule has 1 aliphatic heterocycles. The molecule has 1 aliphatic carbocycles. The zero-order valence-corrected chi connectivity index (χ0v) is 12.7. The Morgan fingerprint density at radius 3 is 2.40 bits per heavy atom. The molecule has 112 valence electrons. The molecule has 5 nitrogen and oxygen atoms in total. The summed E-state index contributed by atoms with van der Waals surface area (Å²) in [7, 11) is 0. The smallest absolute Gasteiger partial charge is 0.267 e. The maximum Gasteiger partial charge on any atom is 0.267 e. The maximum absolute atomic E-state index is 12.1. The summed E-state index contributed by atoms with van der Waals surface area (Å²) in [6.45, 7) is 8.82. The second-order valence-electron chi connectivity index (χ2n) is 6.55. The molecular formula is C15H24N2O3. The highest BCUT2D eigenvalue weighted by Crippen LogP contribution is 2.59. The lowest BCUT2D eigenvalue weighted by Gasteiger charge is -2.11. The summed E-state index contributed by atoms with van der Waals surface area (Å²) in [6, 6.07) is 0. The molecule has 2 rings (SSSR count). The van der Waals surface area contributed by atoms with E-state index in [0.717, 1.165) is 12.8 Å². The van der Waals surface area contributed by atoms with Gasteiger partial charge >= 0.3 is 0 Å². The molecule has 0 aromatic heterocycles. The van der Waals surface area contributed by atoms with E-state index < -0.39 is 6.10 Å². The van der Waals surface area contributed by atoms with Crippen LogP contribution in [0.4, 0.5) is 0 Å². The molecule has 1 heterocycles. The van der Waals surface area contributed by atoms with Crippen molar-refractivity contribution < 1.29 is 14.3 Å². The highest BCUT2D eigenvalue weighted by atomic mass is 16.5.